The Morgan fingerprint density at radius 1 is 1.20 bits per heavy atom. The summed E-state index contributed by atoms with van der Waals surface area (Å²) in [5, 5.41) is 16.9. The number of likely N-dealkylation sites (N-methyl/N-ethyl adjacent to an activating group) is 1. The molecule has 1 aromatic carbocycles. The lowest BCUT2D eigenvalue weighted by Crippen LogP contribution is -2.40. The summed E-state index contributed by atoms with van der Waals surface area (Å²) in [6, 6.07) is 9.20. The summed E-state index contributed by atoms with van der Waals surface area (Å²) in [5.41, 5.74) is 1.46. The van der Waals surface area contributed by atoms with Gasteiger partial charge in [0.05, 0.1) is 11.6 Å². The molecule has 0 spiro atoms. The van der Waals surface area contributed by atoms with Gasteiger partial charge in [0.15, 0.2) is 5.82 Å². The Hall–Kier alpha value is -2.68. The van der Waals surface area contributed by atoms with Crippen molar-refractivity contribution < 1.29 is 4.79 Å². The fourth-order valence-electron chi connectivity index (χ4n) is 2.35. The van der Waals surface area contributed by atoms with Crippen LogP contribution in [0.5, 0.6) is 0 Å². The molecule has 1 amide bonds. The van der Waals surface area contributed by atoms with E-state index < -0.39 is 0 Å². The Kier molecular flexibility index (Phi) is 2.95. The SMILES string of the molecule is CCN1CCn2c(nnc2-c2ccc(C#N)cc2)C1=O. The summed E-state index contributed by atoms with van der Waals surface area (Å²) in [5.74, 6) is 0.984. The average Bonchev–Trinajstić information content (AvgIpc) is 2.92. The van der Waals surface area contributed by atoms with Crippen molar-refractivity contribution in [1.29, 1.82) is 5.26 Å². The number of aromatic nitrogens is 3. The molecule has 0 saturated carbocycles. The van der Waals surface area contributed by atoms with E-state index in [9.17, 15) is 4.79 Å². The van der Waals surface area contributed by atoms with Crippen LogP contribution >= 0.6 is 0 Å². The minimum absolute atomic E-state index is 0.0776. The van der Waals surface area contributed by atoms with Crippen LogP contribution in [0.15, 0.2) is 24.3 Å². The molecule has 0 bridgehead atoms. The normalized spacial score (nSPS) is 14.0. The summed E-state index contributed by atoms with van der Waals surface area (Å²) in [6.45, 7) is 3.99. The fourth-order valence-corrected chi connectivity index (χ4v) is 2.35. The number of amides is 1. The molecular weight excluding hydrogens is 254 g/mol. The highest BCUT2D eigenvalue weighted by Crippen LogP contribution is 2.21. The van der Waals surface area contributed by atoms with E-state index >= 15 is 0 Å². The number of fused-ring (bicyclic) bond motifs is 1. The minimum atomic E-state index is -0.0776. The molecular formula is C14H13N5O. The van der Waals surface area contributed by atoms with Crippen molar-refractivity contribution >= 4 is 5.91 Å². The summed E-state index contributed by atoms with van der Waals surface area (Å²) in [4.78, 5) is 13.9. The molecule has 20 heavy (non-hydrogen) atoms. The summed E-state index contributed by atoms with van der Waals surface area (Å²) >= 11 is 0. The number of hydrogen-bond donors (Lipinski definition) is 0. The molecule has 2 aromatic rings. The van der Waals surface area contributed by atoms with Gasteiger partial charge in [0.1, 0.15) is 0 Å². The Bertz CT molecular complexity index is 695. The van der Waals surface area contributed by atoms with Gasteiger partial charge in [-0.25, -0.2) is 0 Å². The van der Waals surface area contributed by atoms with Crippen LogP contribution in [-0.2, 0) is 6.54 Å². The second-order valence-corrected chi connectivity index (χ2v) is 4.57. The maximum absolute atomic E-state index is 12.2. The average molecular weight is 267 g/mol. The number of benzene rings is 1. The number of rotatable bonds is 2. The van der Waals surface area contributed by atoms with Gasteiger partial charge >= 0.3 is 0 Å². The molecule has 6 nitrogen and oxygen atoms in total. The first-order valence-electron chi connectivity index (χ1n) is 6.47. The van der Waals surface area contributed by atoms with Crippen LogP contribution < -0.4 is 0 Å². The van der Waals surface area contributed by atoms with E-state index in [4.69, 9.17) is 5.26 Å². The maximum atomic E-state index is 12.2. The van der Waals surface area contributed by atoms with Gasteiger partial charge < -0.3 is 9.47 Å². The molecule has 0 saturated heterocycles. The lowest BCUT2D eigenvalue weighted by Gasteiger charge is -2.26. The number of nitriles is 1. The van der Waals surface area contributed by atoms with Crippen molar-refractivity contribution in [3.05, 3.63) is 35.7 Å². The van der Waals surface area contributed by atoms with Crippen molar-refractivity contribution in [2.75, 3.05) is 13.1 Å². The molecule has 1 aliphatic rings. The van der Waals surface area contributed by atoms with E-state index in [0.29, 0.717) is 36.8 Å². The van der Waals surface area contributed by atoms with Crippen molar-refractivity contribution in [1.82, 2.24) is 19.7 Å². The first kappa shape index (κ1) is 12.4. The molecule has 6 heteroatoms. The summed E-state index contributed by atoms with van der Waals surface area (Å²) in [7, 11) is 0. The van der Waals surface area contributed by atoms with Crippen LogP contribution in [0.1, 0.15) is 23.1 Å². The first-order valence-corrected chi connectivity index (χ1v) is 6.47. The van der Waals surface area contributed by atoms with Crippen LogP contribution in [0.3, 0.4) is 0 Å². The van der Waals surface area contributed by atoms with Crippen LogP contribution in [-0.4, -0.2) is 38.7 Å². The lowest BCUT2D eigenvalue weighted by molar-refractivity contribution is 0.0707. The van der Waals surface area contributed by atoms with Crippen LogP contribution in [0.2, 0.25) is 0 Å². The molecule has 1 aromatic heterocycles. The molecule has 0 aliphatic carbocycles. The third kappa shape index (κ3) is 1.84. The van der Waals surface area contributed by atoms with Gasteiger partial charge in [-0.3, -0.25) is 4.79 Å². The second kappa shape index (κ2) is 4.78. The fraction of sp³-hybridized carbons (Fsp3) is 0.286. The maximum Gasteiger partial charge on any atom is 0.291 e. The number of carbonyl (C=O) groups excluding carboxylic acids is 1. The van der Waals surface area contributed by atoms with E-state index in [1.165, 1.54) is 0 Å². The van der Waals surface area contributed by atoms with Gasteiger partial charge in [-0.1, -0.05) is 0 Å². The van der Waals surface area contributed by atoms with Gasteiger partial charge in [0.2, 0.25) is 5.82 Å². The summed E-state index contributed by atoms with van der Waals surface area (Å²) in [6.07, 6.45) is 0. The first-order chi connectivity index (χ1) is 9.74. The van der Waals surface area contributed by atoms with Gasteiger partial charge in [0, 0.05) is 25.2 Å². The Morgan fingerprint density at radius 2 is 1.90 bits per heavy atom. The summed E-state index contributed by atoms with van der Waals surface area (Å²) < 4.78 is 1.84. The Morgan fingerprint density at radius 3 is 2.55 bits per heavy atom. The molecule has 0 radical (unpaired) electrons. The zero-order chi connectivity index (χ0) is 14.1. The van der Waals surface area contributed by atoms with Gasteiger partial charge in [-0.05, 0) is 31.2 Å². The van der Waals surface area contributed by atoms with E-state index in [1.54, 1.807) is 17.0 Å². The van der Waals surface area contributed by atoms with Crippen LogP contribution in [0.4, 0.5) is 0 Å². The predicted molar refractivity (Wildman–Crippen MR) is 71.8 cm³/mol. The quantitative estimate of drug-likeness (QED) is 0.821. The van der Waals surface area contributed by atoms with Gasteiger partial charge in [-0.2, -0.15) is 5.26 Å². The molecule has 0 atom stereocenters. The molecule has 3 rings (SSSR count). The highest BCUT2D eigenvalue weighted by atomic mass is 16.2. The molecule has 2 heterocycles. The zero-order valence-corrected chi connectivity index (χ0v) is 11.1. The predicted octanol–water partition coefficient (Wildman–Crippen LogP) is 1.29. The van der Waals surface area contributed by atoms with E-state index in [0.717, 1.165) is 5.56 Å². The van der Waals surface area contributed by atoms with Crippen molar-refractivity contribution in [2.24, 2.45) is 0 Å². The molecule has 0 unspecified atom stereocenters. The van der Waals surface area contributed by atoms with E-state index in [2.05, 4.69) is 16.3 Å². The van der Waals surface area contributed by atoms with Crippen molar-refractivity contribution in [3.63, 3.8) is 0 Å². The topological polar surface area (TPSA) is 74.8 Å². The van der Waals surface area contributed by atoms with E-state index in [-0.39, 0.29) is 5.91 Å². The smallest absolute Gasteiger partial charge is 0.291 e. The van der Waals surface area contributed by atoms with Gasteiger partial charge in [0.25, 0.3) is 5.91 Å². The third-order valence-corrected chi connectivity index (χ3v) is 3.48. The molecule has 1 aliphatic heterocycles. The Balaban J connectivity index is 2.01. The second-order valence-electron chi connectivity index (χ2n) is 4.57. The number of nitrogens with zero attached hydrogens (tertiary/aromatic N) is 5. The van der Waals surface area contributed by atoms with Gasteiger partial charge in [-0.15, -0.1) is 10.2 Å². The van der Waals surface area contributed by atoms with Crippen LogP contribution in [0.25, 0.3) is 11.4 Å². The van der Waals surface area contributed by atoms with Crippen LogP contribution in [0, 0.1) is 11.3 Å². The molecule has 100 valence electrons. The highest BCUT2D eigenvalue weighted by molar-refractivity contribution is 5.92. The highest BCUT2D eigenvalue weighted by Gasteiger charge is 2.28. The number of hydrogen-bond acceptors (Lipinski definition) is 4. The van der Waals surface area contributed by atoms with Crippen molar-refractivity contribution in [3.8, 4) is 17.5 Å². The van der Waals surface area contributed by atoms with Crippen molar-refractivity contribution in [2.45, 2.75) is 13.5 Å². The Labute approximate surface area is 116 Å². The minimum Gasteiger partial charge on any atom is -0.334 e. The largest absolute Gasteiger partial charge is 0.334 e. The monoisotopic (exact) mass is 267 g/mol. The molecule has 0 N–H and O–H groups in total. The molecule has 0 fully saturated rings. The van der Waals surface area contributed by atoms with E-state index in [1.807, 2.05) is 23.6 Å². The lowest BCUT2D eigenvalue weighted by atomic mass is 10.1. The third-order valence-electron chi connectivity index (χ3n) is 3.48. The number of carbonyl (C=O) groups is 1. The standard InChI is InChI=1S/C14H13N5O/c1-2-18-7-8-19-12(16-17-13(19)14(18)20)11-5-3-10(9-15)4-6-11/h3-6H,2,7-8H2,1H3. The zero-order valence-electron chi connectivity index (χ0n) is 11.1.